The molecule has 1 aromatic heterocycles. The number of rotatable bonds is 2. The van der Waals surface area contributed by atoms with E-state index in [-0.39, 0.29) is 10.5 Å². The van der Waals surface area contributed by atoms with Crippen molar-refractivity contribution in [2.75, 3.05) is 0 Å². The lowest BCUT2D eigenvalue weighted by molar-refractivity contribution is 0.560. The van der Waals surface area contributed by atoms with Gasteiger partial charge in [-0.25, -0.2) is 9.59 Å². The van der Waals surface area contributed by atoms with E-state index >= 15 is 0 Å². The van der Waals surface area contributed by atoms with Gasteiger partial charge in [-0.2, -0.15) is 8.42 Å². The molecule has 0 aliphatic carbocycles. The first-order valence-corrected chi connectivity index (χ1v) is 5.85. The highest BCUT2D eigenvalue weighted by Crippen LogP contribution is 2.18. The van der Waals surface area contributed by atoms with Crippen molar-refractivity contribution in [3.8, 4) is 0 Å². The van der Waals surface area contributed by atoms with E-state index in [0.29, 0.717) is 5.39 Å². The van der Waals surface area contributed by atoms with Gasteiger partial charge in [0.05, 0.1) is 4.90 Å². The van der Waals surface area contributed by atoms with Crippen molar-refractivity contribution in [3.05, 3.63) is 40.8 Å². The van der Waals surface area contributed by atoms with Gasteiger partial charge in [-0.1, -0.05) is 4.40 Å². The molecule has 0 radical (unpaired) electrons. The second-order valence-electron chi connectivity index (χ2n) is 3.11. The maximum absolute atomic E-state index is 11.4. The topological polar surface area (TPSA) is 93.8 Å². The summed E-state index contributed by atoms with van der Waals surface area (Å²) in [4.78, 5) is 20.7. The Labute approximate surface area is 95.3 Å². The summed E-state index contributed by atoms with van der Waals surface area (Å²) in [6, 6.07) is 6.37. The molecule has 0 amide bonds. The molecule has 0 atom stereocenters. The van der Waals surface area contributed by atoms with Crippen LogP contribution in [0.4, 0.5) is 0 Å². The third-order valence-electron chi connectivity index (χ3n) is 2.05. The van der Waals surface area contributed by atoms with Crippen molar-refractivity contribution in [2.45, 2.75) is 4.90 Å². The van der Waals surface area contributed by atoms with Crippen LogP contribution in [-0.2, 0) is 14.8 Å². The number of hydrogen-bond donors (Lipinski definition) is 0. The maximum Gasteiger partial charge on any atom is 0.336 e. The third kappa shape index (κ3) is 2.15. The van der Waals surface area contributed by atoms with E-state index in [4.69, 9.17) is 4.42 Å². The first kappa shape index (κ1) is 11.3. The maximum atomic E-state index is 11.4. The van der Waals surface area contributed by atoms with Crippen LogP contribution in [0.3, 0.4) is 0 Å². The van der Waals surface area contributed by atoms with Gasteiger partial charge in [0.15, 0.2) is 0 Å². The van der Waals surface area contributed by atoms with Gasteiger partial charge in [0.2, 0.25) is 0 Å². The lowest BCUT2D eigenvalue weighted by Gasteiger charge is -1.99. The van der Waals surface area contributed by atoms with Crippen LogP contribution in [0.2, 0.25) is 0 Å². The van der Waals surface area contributed by atoms with Gasteiger partial charge in [0, 0.05) is 11.5 Å². The van der Waals surface area contributed by atoms with Crippen molar-refractivity contribution in [1.29, 1.82) is 0 Å². The zero-order valence-corrected chi connectivity index (χ0v) is 9.10. The average Bonchev–Trinajstić information content (AvgIpc) is 2.28. The lowest BCUT2D eigenvalue weighted by Crippen LogP contribution is -1.98. The first-order valence-electron chi connectivity index (χ1n) is 4.41. The Morgan fingerprint density at radius 1 is 1.18 bits per heavy atom. The minimum Gasteiger partial charge on any atom is -0.423 e. The van der Waals surface area contributed by atoms with E-state index in [2.05, 4.69) is 4.40 Å². The number of nitrogens with zero attached hydrogens (tertiary/aromatic N) is 1. The van der Waals surface area contributed by atoms with E-state index in [9.17, 15) is 18.0 Å². The molecule has 0 saturated heterocycles. The predicted molar refractivity (Wildman–Crippen MR) is 57.8 cm³/mol. The molecule has 1 aromatic carbocycles. The molecule has 86 valence electrons. The van der Waals surface area contributed by atoms with Gasteiger partial charge in [0.25, 0.3) is 16.1 Å². The summed E-state index contributed by atoms with van der Waals surface area (Å²) in [6.45, 7) is 0. The van der Waals surface area contributed by atoms with E-state index < -0.39 is 15.6 Å². The zero-order chi connectivity index (χ0) is 12.5. The lowest BCUT2D eigenvalue weighted by atomic mass is 10.2. The molecule has 0 aliphatic heterocycles. The van der Waals surface area contributed by atoms with Crippen LogP contribution in [0.5, 0.6) is 0 Å². The van der Waals surface area contributed by atoms with Crippen LogP contribution in [0.15, 0.2) is 48.8 Å². The number of carbonyl (C=O) groups excluding carboxylic acids is 1. The zero-order valence-electron chi connectivity index (χ0n) is 8.28. The van der Waals surface area contributed by atoms with Crippen LogP contribution < -0.4 is 5.63 Å². The summed E-state index contributed by atoms with van der Waals surface area (Å²) < 4.78 is 30.4. The summed E-state index contributed by atoms with van der Waals surface area (Å²) in [5.74, 6) is 0. The molecule has 0 spiro atoms. The Balaban J connectivity index is 2.72. The summed E-state index contributed by atoms with van der Waals surface area (Å²) in [5.41, 5.74) is -0.273. The molecule has 0 unspecified atom stereocenters. The summed E-state index contributed by atoms with van der Waals surface area (Å²) >= 11 is 0. The van der Waals surface area contributed by atoms with Crippen LogP contribution in [0.25, 0.3) is 11.0 Å². The van der Waals surface area contributed by atoms with Gasteiger partial charge in [-0.15, -0.1) is 0 Å². The molecular formula is C10H5NO5S. The fourth-order valence-electron chi connectivity index (χ4n) is 1.31. The van der Waals surface area contributed by atoms with Gasteiger partial charge < -0.3 is 4.42 Å². The Hall–Kier alpha value is -2.24. The molecule has 0 saturated carbocycles. The molecule has 6 nitrogen and oxygen atoms in total. The normalized spacial score (nSPS) is 11.1. The van der Waals surface area contributed by atoms with E-state index in [1.54, 1.807) is 0 Å². The molecule has 1 heterocycles. The van der Waals surface area contributed by atoms with Gasteiger partial charge in [-0.05, 0) is 24.3 Å². The molecule has 17 heavy (non-hydrogen) atoms. The van der Waals surface area contributed by atoms with Crippen molar-refractivity contribution >= 4 is 27.1 Å². The molecule has 2 rings (SSSR count). The summed E-state index contributed by atoms with van der Waals surface area (Å²) in [5, 5.41) is 0.423. The van der Waals surface area contributed by atoms with Gasteiger partial charge in [-0.3, -0.25) is 0 Å². The monoisotopic (exact) mass is 251 g/mol. The van der Waals surface area contributed by atoms with Crippen molar-refractivity contribution in [2.24, 2.45) is 4.40 Å². The van der Waals surface area contributed by atoms with Crippen LogP contribution in [0, 0.1) is 0 Å². The summed E-state index contributed by atoms with van der Waals surface area (Å²) in [7, 11) is -4.03. The highest BCUT2D eigenvalue weighted by atomic mass is 32.2. The van der Waals surface area contributed by atoms with Gasteiger partial charge in [0.1, 0.15) is 5.58 Å². The Kier molecular flexibility index (Phi) is 2.63. The number of hydrogen-bond acceptors (Lipinski definition) is 5. The number of fused-ring (bicyclic) bond motifs is 1. The molecule has 0 N–H and O–H groups in total. The predicted octanol–water partition coefficient (Wildman–Crippen LogP) is 0.818. The van der Waals surface area contributed by atoms with Crippen molar-refractivity contribution in [3.63, 3.8) is 0 Å². The Morgan fingerprint density at radius 3 is 2.65 bits per heavy atom. The third-order valence-corrected chi connectivity index (χ3v) is 3.21. The smallest absolute Gasteiger partial charge is 0.336 e. The largest absolute Gasteiger partial charge is 0.423 e. The second kappa shape index (κ2) is 3.97. The second-order valence-corrected chi connectivity index (χ2v) is 4.72. The number of benzene rings is 1. The molecule has 0 bridgehead atoms. The van der Waals surface area contributed by atoms with E-state index in [1.165, 1.54) is 30.3 Å². The minimum atomic E-state index is -4.03. The number of isocyanates is 1. The number of sulfonamides is 1. The van der Waals surface area contributed by atoms with Gasteiger partial charge >= 0.3 is 5.63 Å². The molecule has 0 fully saturated rings. The fraction of sp³-hybridized carbons (Fsp3) is 0. The molecule has 0 aliphatic rings. The minimum absolute atomic E-state index is 0.165. The molecular weight excluding hydrogens is 246 g/mol. The van der Waals surface area contributed by atoms with Crippen LogP contribution in [-0.4, -0.2) is 14.5 Å². The fourth-order valence-corrected chi connectivity index (χ4v) is 2.03. The summed E-state index contributed by atoms with van der Waals surface area (Å²) in [6.07, 6.45) is 0.977. The van der Waals surface area contributed by atoms with E-state index in [1.807, 2.05) is 0 Å². The van der Waals surface area contributed by atoms with Crippen molar-refractivity contribution in [1.82, 2.24) is 0 Å². The van der Waals surface area contributed by atoms with E-state index in [0.717, 1.165) is 6.08 Å². The van der Waals surface area contributed by atoms with Crippen LogP contribution in [0.1, 0.15) is 0 Å². The Bertz CT molecular complexity index is 784. The highest BCUT2D eigenvalue weighted by Gasteiger charge is 2.13. The van der Waals surface area contributed by atoms with Crippen LogP contribution >= 0.6 is 0 Å². The Morgan fingerprint density at radius 2 is 1.94 bits per heavy atom. The first-order chi connectivity index (χ1) is 8.03. The SMILES string of the molecule is O=C=NS(=O)(=O)c1ccc2oc(=O)ccc2c1. The van der Waals surface area contributed by atoms with Crippen molar-refractivity contribution < 1.29 is 17.6 Å². The molecule has 7 heteroatoms. The standard InChI is InChI=1S/C10H5NO5S/c12-6-11-17(14,15)8-2-3-9-7(5-8)1-4-10(13)16-9/h1-5H. The quantitative estimate of drug-likeness (QED) is 0.447. The average molecular weight is 251 g/mol. The highest BCUT2D eigenvalue weighted by molar-refractivity contribution is 7.90. The molecule has 2 aromatic rings.